The summed E-state index contributed by atoms with van der Waals surface area (Å²) in [5, 5.41) is 7.61. The zero-order valence-corrected chi connectivity index (χ0v) is 12.8. The number of nitrogens with one attached hydrogen (secondary N) is 1. The molecule has 1 rings (SSSR count). The van der Waals surface area contributed by atoms with E-state index in [0.717, 1.165) is 18.7 Å². The molecule has 1 aromatic rings. The number of halogens is 3. The van der Waals surface area contributed by atoms with Crippen molar-refractivity contribution in [3.63, 3.8) is 0 Å². The molecule has 0 bridgehead atoms. The number of aromatic nitrogens is 2. The van der Waals surface area contributed by atoms with Crippen LogP contribution in [0.2, 0.25) is 0 Å². The molecule has 21 heavy (non-hydrogen) atoms. The third-order valence-corrected chi connectivity index (χ3v) is 2.92. The largest absolute Gasteiger partial charge is 0.411 e. The molecular formula is C14H24F3N3O. The number of hydrogen-bond acceptors (Lipinski definition) is 3. The van der Waals surface area contributed by atoms with Crippen LogP contribution >= 0.6 is 0 Å². The Bertz CT molecular complexity index is 404. The summed E-state index contributed by atoms with van der Waals surface area (Å²) in [6.07, 6.45) is -0.935. The number of rotatable bonds is 9. The van der Waals surface area contributed by atoms with Crippen molar-refractivity contribution in [1.82, 2.24) is 15.1 Å². The maximum absolute atomic E-state index is 12.1. The summed E-state index contributed by atoms with van der Waals surface area (Å²) in [6.45, 7) is 5.61. The van der Waals surface area contributed by atoms with Crippen LogP contribution < -0.4 is 5.32 Å². The Morgan fingerprint density at radius 1 is 1.38 bits per heavy atom. The standard InChI is InChI=1S/C14H24F3N3O/c1-4-6-18-13(9-21-10-14(15,16)17)8-12-5-7-20(19-12)11(2)3/h5,7,11,13,18H,4,6,8-10H2,1-3H3. The molecule has 1 atom stereocenters. The van der Waals surface area contributed by atoms with Crippen LogP contribution in [-0.4, -0.2) is 41.8 Å². The monoisotopic (exact) mass is 307 g/mol. The fourth-order valence-electron chi connectivity index (χ4n) is 1.88. The van der Waals surface area contributed by atoms with Crippen LogP contribution in [0, 0.1) is 0 Å². The molecule has 0 saturated heterocycles. The fraction of sp³-hybridized carbons (Fsp3) is 0.786. The van der Waals surface area contributed by atoms with E-state index in [1.165, 1.54) is 0 Å². The average Bonchev–Trinajstić information content (AvgIpc) is 2.83. The molecule has 0 spiro atoms. The van der Waals surface area contributed by atoms with Gasteiger partial charge in [0.25, 0.3) is 0 Å². The third-order valence-electron chi connectivity index (χ3n) is 2.92. The van der Waals surface area contributed by atoms with Gasteiger partial charge < -0.3 is 10.1 Å². The second kappa shape index (κ2) is 8.38. The van der Waals surface area contributed by atoms with E-state index in [4.69, 9.17) is 4.74 Å². The van der Waals surface area contributed by atoms with Crippen LogP contribution in [-0.2, 0) is 11.2 Å². The Kier molecular flexibility index (Phi) is 7.17. The van der Waals surface area contributed by atoms with E-state index in [9.17, 15) is 13.2 Å². The first-order valence-electron chi connectivity index (χ1n) is 7.23. The first-order chi connectivity index (χ1) is 9.81. The molecule has 1 heterocycles. The van der Waals surface area contributed by atoms with Gasteiger partial charge in [-0.05, 0) is 32.9 Å². The average molecular weight is 307 g/mol. The van der Waals surface area contributed by atoms with E-state index in [1.54, 1.807) is 0 Å². The van der Waals surface area contributed by atoms with E-state index in [1.807, 2.05) is 37.7 Å². The minimum Gasteiger partial charge on any atom is -0.370 e. The maximum atomic E-state index is 12.1. The summed E-state index contributed by atoms with van der Waals surface area (Å²) in [5.74, 6) is 0. The lowest BCUT2D eigenvalue weighted by molar-refractivity contribution is -0.175. The smallest absolute Gasteiger partial charge is 0.370 e. The van der Waals surface area contributed by atoms with Crippen molar-refractivity contribution < 1.29 is 17.9 Å². The van der Waals surface area contributed by atoms with E-state index in [0.29, 0.717) is 6.42 Å². The van der Waals surface area contributed by atoms with Crippen molar-refractivity contribution in [2.75, 3.05) is 19.8 Å². The molecule has 0 amide bonds. The summed E-state index contributed by atoms with van der Waals surface area (Å²) in [4.78, 5) is 0. The maximum Gasteiger partial charge on any atom is 0.411 e. The summed E-state index contributed by atoms with van der Waals surface area (Å²) < 4.78 is 42.9. The molecule has 7 heteroatoms. The Morgan fingerprint density at radius 2 is 2.10 bits per heavy atom. The number of hydrogen-bond donors (Lipinski definition) is 1. The Hall–Kier alpha value is -1.08. The second-order valence-electron chi connectivity index (χ2n) is 5.37. The van der Waals surface area contributed by atoms with Gasteiger partial charge >= 0.3 is 6.18 Å². The topological polar surface area (TPSA) is 39.1 Å². The molecule has 0 aromatic carbocycles. The molecule has 0 aliphatic rings. The van der Waals surface area contributed by atoms with E-state index in [2.05, 4.69) is 10.4 Å². The van der Waals surface area contributed by atoms with Gasteiger partial charge in [0.1, 0.15) is 6.61 Å². The highest BCUT2D eigenvalue weighted by molar-refractivity contribution is 5.02. The predicted octanol–water partition coefficient (Wildman–Crippen LogP) is 2.95. The number of ether oxygens (including phenoxy) is 1. The molecule has 4 nitrogen and oxygen atoms in total. The summed E-state index contributed by atoms with van der Waals surface area (Å²) in [5.41, 5.74) is 0.855. The van der Waals surface area contributed by atoms with Crippen LogP contribution in [0.5, 0.6) is 0 Å². The quantitative estimate of drug-likeness (QED) is 0.762. The van der Waals surface area contributed by atoms with Gasteiger partial charge in [-0.25, -0.2) is 0 Å². The van der Waals surface area contributed by atoms with Crippen molar-refractivity contribution in [3.05, 3.63) is 18.0 Å². The van der Waals surface area contributed by atoms with Crippen LogP contribution in [0.4, 0.5) is 13.2 Å². The van der Waals surface area contributed by atoms with Crippen LogP contribution in [0.1, 0.15) is 38.9 Å². The zero-order valence-electron chi connectivity index (χ0n) is 12.8. The van der Waals surface area contributed by atoms with Crippen molar-refractivity contribution in [1.29, 1.82) is 0 Å². The zero-order chi connectivity index (χ0) is 15.9. The lowest BCUT2D eigenvalue weighted by Gasteiger charge is -2.18. The molecule has 0 fully saturated rings. The summed E-state index contributed by atoms with van der Waals surface area (Å²) in [6, 6.07) is 2.00. The Morgan fingerprint density at radius 3 is 2.62 bits per heavy atom. The highest BCUT2D eigenvalue weighted by Gasteiger charge is 2.28. The SMILES string of the molecule is CCCNC(COCC(F)(F)F)Cc1ccn(C(C)C)n1. The molecule has 0 aliphatic heterocycles. The van der Waals surface area contributed by atoms with Gasteiger partial charge in [0.2, 0.25) is 0 Å². The van der Waals surface area contributed by atoms with Crippen LogP contribution in [0.25, 0.3) is 0 Å². The van der Waals surface area contributed by atoms with Gasteiger partial charge in [-0.2, -0.15) is 18.3 Å². The molecule has 1 N–H and O–H groups in total. The molecular weight excluding hydrogens is 283 g/mol. The van der Waals surface area contributed by atoms with Crippen molar-refractivity contribution in [3.8, 4) is 0 Å². The molecule has 122 valence electrons. The highest BCUT2D eigenvalue weighted by atomic mass is 19.4. The summed E-state index contributed by atoms with van der Waals surface area (Å²) in [7, 11) is 0. The first kappa shape index (κ1) is 18.0. The van der Waals surface area contributed by atoms with Gasteiger partial charge in [-0.15, -0.1) is 0 Å². The molecule has 0 aliphatic carbocycles. The number of nitrogens with zero attached hydrogens (tertiary/aromatic N) is 2. The lowest BCUT2D eigenvalue weighted by atomic mass is 10.1. The second-order valence-corrected chi connectivity index (χ2v) is 5.37. The summed E-state index contributed by atoms with van der Waals surface area (Å²) >= 11 is 0. The predicted molar refractivity (Wildman–Crippen MR) is 75.3 cm³/mol. The van der Waals surface area contributed by atoms with Gasteiger partial charge in [0.05, 0.1) is 12.3 Å². The van der Waals surface area contributed by atoms with Crippen molar-refractivity contribution in [2.45, 2.75) is 51.9 Å². The Balaban J connectivity index is 2.51. The lowest BCUT2D eigenvalue weighted by Crippen LogP contribution is -2.37. The van der Waals surface area contributed by atoms with Crippen molar-refractivity contribution in [2.24, 2.45) is 0 Å². The molecule has 0 radical (unpaired) electrons. The van der Waals surface area contributed by atoms with Gasteiger partial charge in [0.15, 0.2) is 0 Å². The van der Waals surface area contributed by atoms with Gasteiger partial charge in [-0.1, -0.05) is 6.92 Å². The van der Waals surface area contributed by atoms with E-state index >= 15 is 0 Å². The van der Waals surface area contributed by atoms with Crippen LogP contribution in [0.3, 0.4) is 0 Å². The molecule has 1 unspecified atom stereocenters. The minimum atomic E-state index is -4.28. The third kappa shape index (κ3) is 7.47. The normalized spacial score (nSPS) is 13.9. The highest BCUT2D eigenvalue weighted by Crippen LogP contribution is 2.15. The minimum absolute atomic E-state index is 0.0219. The molecule has 1 aromatic heterocycles. The number of alkyl halides is 3. The van der Waals surface area contributed by atoms with Crippen LogP contribution in [0.15, 0.2) is 12.3 Å². The van der Waals surface area contributed by atoms with Crippen molar-refractivity contribution >= 4 is 0 Å². The Labute approximate surface area is 123 Å². The van der Waals surface area contributed by atoms with Gasteiger partial charge in [-0.3, -0.25) is 4.68 Å². The van der Waals surface area contributed by atoms with E-state index in [-0.39, 0.29) is 18.7 Å². The fourth-order valence-corrected chi connectivity index (χ4v) is 1.88. The van der Waals surface area contributed by atoms with Gasteiger partial charge in [0, 0.05) is 24.7 Å². The molecule has 0 saturated carbocycles. The first-order valence-corrected chi connectivity index (χ1v) is 7.23. The van der Waals surface area contributed by atoms with E-state index < -0.39 is 12.8 Å².